The minimum absolute atomic E-state index is 0.717. The minimum atomic E-state index is -2.48. The van der Waals surface area contributed by atoms with E-state index < -0.39 is 49.2 Å². The van der Waals surface area contributed by atoms with Crippen LogP contribution in [0.5, 0.6) is 0 Å². The Morgan fingerprint density at radius 3 is 2.41 bits per heavy atom. The van der Waals surface area contributed by atoms with Gasteiger partial charge in [-0.15, -0.1) is 0 Å². The number of rotatable bonds is 3. The zero-order valence-electron chi connectivity index (χ0n) is 8.76. The highest BCUT2D eigenvalue weighted by Crippen LogP contribution is 2.30. The summed E-state index contributed by atoms with van der Waals surface area (Å²) >= 11 is 0. The molecule has 1 fully saturated rings. The molecular formula is C8H15NO8. The maximum absolute atomic E-state index is 10.9. The van der Waals surface area contributed by atoms with Crippen LogP contribution >= 0.6 is 0 Å². The molecule has 0 unspecified atom stereocenters. The van der Waals surface area contributed by atoms with Gasteiger partial charge in [-0.25, -0.2) is 0 Å². The first kappa shape index (κ1) is 14.3. The van der Waals surface area contributed by atoms with E-state index in [1.165, 1.54) is 0 Å². The number of hydrogen-bond acceptors (Lipinski definition) is 9. The average molecular weight is 253 g/mol. The monoisotopic (exact) mass is 253 g/mol. The molecule has 0 spiro atoms. The van der Waals surface area contributed by atoms with Crippen molar-refractivity contribution in [2.24, 2.45) is 5.90 Å². The quantitative estimate of drug-likeness (QED) is 0.275. The van der Waals surface area contributed by atoms with E-state index in [9.17, 15) is 25.2 Å². The number of nitrogens with two attached hydrogens (primary N) is 1. The lowest BCUT2D eigenvalue weighted by molar-refractivity contribution is -0.349. The van der Waals surface area contributed by atoms with Crippen molar-refractivity contribution in [2.45, 2.75) is 36.6 Å². The predicted octanol–water partition coefficient (Wildman–Crippen LogP) is -4.04. The molecule has 17 heavy (non-hydrogen) atoms. The van der Waals surface area contributed by atoms with Crippen molar-refractivity contribution >= 4 is 5.97 Å². The fourth-order valence-corrected chi connectivity index (χ4v) is 1.62. The number of aliphatic hydroxyl groups is 5. The van der Waals surface area contributed by atoms with Gasteiger partial charge in [-0.1, -0.05) is 0 Å². The van der Waals surface area contributed by atoms with Gasteiger partial charge in [0, 0.05) is 0 Å². The Balaban J connectivity index is 2.86. The Labute approximate surface area is 95.9 Å². The molecule has 1 saturated heterocycles. The molecule has 0 aromatic carbocycles. The van der Waals surface area contributed by atoms with Gasteiger partial charge in [0.25, 0.3) is 0 Å². The Morgan fingerprint density at radius 1 is 1.35 bits per heavy atom. The minimum Gasteiger partial charge on any atom is -0.394 e. The summed E-state index contributed by atoms with van der Waals surface area (Å²) in [5, 5.41) is 47.0. The molecule has 0 aromatic rings. The normalized spacial score (nSPS) is 42.2. The van der Waals surface area contributed by atoms with Crippen LogP contribution in [-0.2, 0) is 14.4 Å². The molecule has 0 bridgehead atoms. The zero-order valence-corrected chi connectivity index (χ0v) is 8.76. The van der Waals surface area contributed by atoms with Crippen LogP contribution in [-0.4, -0.2) is 68.3 Å². The maximum atomic E-state index is 10.9. The molecule has 0 aromatic heterocycles. The van der Waals surface area contributed by atoms with Crippen molar-refractivity contribution in [3.8, 4) is 0 Å². The summed E-state index contributed by atoms with van der Waals surface area (Å²) in [6, 6.07) is 0. The molecule has 1 aliphatic heterocycles. The SMILES string of the molecule is NOC(=O)C[C@@]1(O)O[C@H](CO)[C@@H](O)[C@H](O)[C@@H]1O. The summed E-state index contributed by atoms with van der Waals surface area (Å²) in [6.45, 7) is -0.717. The largest absolute Gasteiger partial charge is 0.394 e. The van der Waals surface area contributed by atoms with E-state index in [1.807, 2.05) is 0 Å². The van der Waals surface area contributed by atoms with Gasteiger partial charge in [0.05, 0.1) is 6.61 Å². The highest BCUT2D eigenvalue weighted by molar-refractivity contribution is 5.70. The van der Waals surface area contributed by atoms with E-state index in [0.717, 1.165) is 0 Å². The molecule has 1 rings (SSSR count). The topological polar surface area (TPSA) is 163 Å². The van der Waals surface area contributed by atoms with Crippen LogP contribution in [0, 0.1) is 0 Å². The van der Waals surface area contributed by atoms with Gasteiger partial charge in [-0.05, 0) is 0 Å². The molecular weight excluding hydrogens is 238 g/mol. The van der Waals surface area contributed by atoms with E-state index in [0.29, 0.717) is 0 Å². The molecule has 0 amide bonds. The number of hydrogen-bond donors (Lipinski definition) is 6. The van der Waals surface area contributed by atoms with Crippen LogP contribution in [0.25, 0.3) is 0 Å². The third-order valence-corrected chi connectivity index (χ3v) is 2.58. The van der Waals surface area contributed by atoms with Crippen LogP contribution in [0.15, 0.2) is 0 Å². The van der Waals surface area contributed by atoms with Gasteiger partial charge in [0.1, 0.15) is 30.8 Å². The lowest BCUT2D eigenvalue weighted by Gasteiger charge is -2.44. The summed E-state index contributed by atoms with van der Waals surface area (Å²) in [5.41, 5.74) is 0. The number of carbonyl (C=O) groups is 1. The first-order valence-corrected chi connectivity index (χ1v) is 4.80. The summed E-state index contributed by atoms with van der Waals surface area (Å²) in [5.74, 6) is 0.989. The number of aliphatic hydroxyl groups excluding tert-OH is 4. The number of carbonyl (C=O) groups excluding carboxylic acids is 1. The second-order valence-corrected chi connectivity index (χ2v) is 3.78. The molecule has 100 valence electrons. The van der Waals surface area contributed by atoms with Gasteiger partial charge < -0.3 is 35.1 Å². The third kappa shape index (κ3) is 2.72. The Hall–Kier alpha value is -0.810. The molecule has 5 atom stereocenters. The van der Waals surface area contributed by atoms with Crippen LogP contribution in [0.1, 0.15) is 6.42 Å². The van der Waals surface area contributed by atoms with Crippen LogP contribution in [0.2, 0.25) is 0 Å². The van der Waals surface area contributed by atoms with E-state index >= 15 is 0 Å². The summed E-state index contributed by atoms with van der Waals surface area (Å²) in [7, 11) is 0. The lowest BCUT2D eigenvalue weighted by atomic mass is 9.91. The Morgan fingerprint density at radius 2 is 1.94 bits per heavy atom. The molecule has 0 aliphatic carbocycles. The Bertz CT molecular complexity index is 285. The van der Waals surface area contributed by atoms with Gasteiger partial charge in [-0.3, -0.25) is 4.79 Å². The second-order valence-electron chi connectivity index (χ2n) is 3.78. The average Bonchev–Trinajstić information content (AvgIpc) is 2.31. The fraction of sp³-hybridized carbons (Fsp3) is 0.875. The predicted molar refractivity (Wildman–Crippen MR) is 49.8 cm³/mol. The molecule has 0 saturated carbocycles. The molecule has 0 radical (unpaired) electrons. The first-order valence-electron chi connectivity index (χ1n) is 4.80. The van der Waals surface area contributed by atoms with Gasteiger partial charge in [0.15, 0.2) is 0 Å². The summed E-state index contributed by atoms with van der Waals surface area (Å²) in [6.07, 6.45) is -7.52. The summed E-state index contributed by atoms with van der Waals surface area (Å²) in [4.78, 5) is 14.7. The van der Waals surface area contributed by atoms with Crippen molar-refractivity contribution in [3.05, 3.63) is 0 Å². The van der Waals surface area contributed by atoms with E-state index in [1.54, 1.807) is 0 Å². The van der Waals surface area contributed by atoms with Crippen LogP contribution in [0.4, 0.5) is 0 Å². The van der Waals surface area contributed by atoms with Crippen molar-refractivity contribution in [3.63, 3.8) is 0 Å². The van der Waals surface area contributed by atoms with E-state index in [2.05, 4.69) is 10.7 Å². The smallest absolute Gasteiger partial charge is 0.329 e. The Kier molecular flexibility index (Phi) is 4.38. The summed E-state index contributed by atoms with van der Waals surface area (Å²) < 4.78 is 4.78. The van der Waals surface area contributed by atoms with Gasteiger partial charge in [-0.2, -0.15) is 5.90 Å². The van der Waals surface area contributed by atoms with Crippen LogP contribution < -0.4 is 5.90 Å². The maximum Gasteiger partial charge on any atom is 0.329 e. The zero-order chi connectivity index (χ0) is 13.2. The van der Waals surface area contributed by atoms with E-state index in [4.69, 9.17) is 9.84 Å². The first-order chi connectivity index (χ1) is 7.85. The standard InChI is InChI=1S/C8H15NO8/c9-17-4(11)1-8(15)7(14)6(13)5(12)3(2-10)16-8/h3,5-7,10,12-15H,1-2,9H2/t3-,5-,6+,7+,8-/m1/s1. The van der Waals surface area contributed by atoms with E-state index in [-0.39, 0.29) is 0 Å². The fourth-order valence-electron chi connectivity index (χ4n) is 1.62. The van der Waals surface area contributed by atoms with Gasteiger partial charge in [0.2, 0.25) is 5.79 Å². The van der Waals surface area contributed by atoms with Crippen LogP contribution in [0.3, 0.4) is 0 Å². The van der Waals surface area contributed by atoms with Gasteiger partial charge >= 0.3 is 5.97 Å². The molecule has 9 heteroatoms. The number of ether oxygens (including phenoxy) is 1. The highest BCUT2D eigenvalue weighted by Gasteiger charge is 2.53. The lowest BCUT2D eigenvalue weighted by Crippen LogP contribution is -2.65. The second kappa shape index (κ2) is 5.23. The molecule has 7 N–H and O–H groups in total. The molecule has 1 aliphatic rings. The molecule has 9 nitrogen and oxygen atoms in total. The highest BCUT2D eigenvalue weighted by atomic mass is 16.7. The van der Waals surface area contributed by atoms with Crippen molar-refractivity contribution in [1.29, 1.82) is 0 Å². The van der Waals surface area contributed by atoms with Crippen molar-refractivity contribution in [1.82, 2.24) is 0 Å². The van der Waals surface area contributed by atoms with Crippen molar-refractivity contribution < 1.29 is 39.9 Å². The third-order valence-electron chi connectivity index (χ3n) is 2.58. The van der Waals surface area contributed by atoms with Crippen molar-refractivity contribution in [2.75, 3.05) is 6.61 Å². The molecule has 1 heterocycles.